The molecule has 0 fully saturated rings. The van der Waals surface area contributed by atoms with E-state index >= 15 is 0 Å². The number of nitrogens with one attached hydrogen (secondary N) is 3. The minimum absolute atomic E-state index is 0.0310. The third-order valence-electron chi connectivity index (χ3n) is 2.71. The van der Waals surface area contributed by atoms with Crippen molar-refractivity contribution in [3.8, 4) is 0 Å². The Balaban J connectivity index is 2.29. The van der Waals surface area contributed by atoms with Gasteiger partial charge in [0.05, 0.1) is 11.9 Å². The van der Waals surface area contributed by atoms with Crippen LogP contribution in [0.2, 0.25) is 0 Å². The molecule has 3 N–H and O–H groups in total. The summed E-state index contributed by atoms with van der Waals surface area (Å²) in [6.45, 7) is 8.10. The topological polar surface area (TPSA) is 101 Å². The summed E-state index contributed by atoms with van der Waals surface area (Å²) in [5, 5.41) is 15.8. The van der Waals surface area contributed by atoms with Crippen LogP contribution in [0.15, 0.2) is 6.20 Å². The highest BCUT2D eigenvalue weighted by atomic mass is 16.2. The number of carbonyl (C=O) groups excluding carboxylic acids is 2. The molecule has 0 atom stereocenters. The van der Waals surface area contributed by atoms with Crippen LogP contribution >= 0.6 is 0 Å². The summed E-state index contributed by atoms with van der Waals surface area (Å²) in [7, 11) is 0. The second-order valence-corrected chi connectivity index (χ2v) is 5.17. The molecule has 21 heavy (non-hydrogen) atoms. The zero-order valence-corrected chi connectivity index (χ0v) is 12.8. The quantitative estimate of drug-likeness (QED) is 0.639. The second-order valence-electron chi connectivity index (χ2n) is 5.17. The highest BCUT2D eigenvalue weighted by molar-refractivity contribution is 5.94. The average Bonchev–Trinajstić information content (AvgIpc) is 2.83. The summed E-state index contributed by atoms with van der Waals surface area (Å²) in [6, 6.07) is -0.478. The fraction of sp³-hybridized carbons (Fsp3) is 0.692. The number of urea groups is 1. The predicted molar refractivity (Wildman–Crippen MR) is 78.4 cm³/mol. The van der Waals surface area contributed by atoms with Crippen LogP contribution in [0.5, 0.6) is 0 Å². The van der Waals surface area contributed by atoms with Gasteiger partial charge >= 0.3 is 6.03 Å². The molecule has 0 bridgehead atoms. The molecular formula is C13H24N6O2. The lowest BCUT2D eigenvalue weighted by Crippen LogP contribution is -2.41. The van der Waals surface area contributed by atoms with Gasteiger partial charge in [0.15, 0.2) is 0 Å². The molecule has 0 aliphatic carbocycles. The highest BCUT2D eigenvalue weighted by Crippen LogP contribution is 1.96. The lowest BCUT2D eigenvalue weighted by Gasteiger charge is -2.07. The average molecular weight is 296 g/mol. The first-order chi connectivity index (χ1) is 10.0. The van der Waals surface area contributed by atoms with Crippen LogP contribution < -0.4 is 16.0 Å². The Morgan fingerprint density at radius 1 is 1.38 bits per heavy atom. The monoisotopic (exact) mass is 296 g/mol. The standard InChI is InChI=1S/C13H24N6O2/c1-4-14-7-11-8-19(18-17-11)9-12(20)16-13(21)15-6-5-10(2)3/h8,10,14H,4-7,9H2,1-3H3,(H2,15,16,20,21). The van der Waals surface area contributed by atoms with Gasteiger partial charge in [-0.15, -0.1) is 5.10 Å². The second kappa shape index (κ2) is 9.06. The molecule has 0 unspecified atom stereocenters. The number of amides is 3. The number of aromatic nitrogens is 3. The number of rotatable bonds is 8. The van der Waals surface area contributed by atoms with E-state index in [1.165, 1.54) is 4.68 Å². The summed E-state index contributed by atoms with van der Waals surface area (Å²) in [4.78, 5) is 23.1. The van der Waals surface area contributed by atoms with Crippen molar-refractivity contribution in [3.05, 3.63) is 11.9 Å². The Morgan fingerprint density at radius 2 is 2.14 bits per heavy atom. The Kier molecular flexibility index (Phi) is 7.38. The van der Waals surface area contributed by atoms with E-state index in [-0.39, 0.29) is 6.54 Å². The molecule has 1 heterocycles. The number of hydrogen-bond acceptors (Lipinski definition) is 5. The van der Waals surface area contributed by atoms with Crippen molar-refractivity contribution in [1.29, 1.82) is 0 Å². The van der Waals surface area contributed by atoms with E-state index in [1.807, 2.05) is 6.92 Å². The third-order valence-corrected chi connectivity index (χ3v) is 2.71. The molecule has 0 aliphatic heterocycles. The molecule has 0 aliphatic rings. The van der Waals surface area contributed by atoms with Crippen molar-refractivity contribution in [2.24, 2.45) is 5.92 Å². The molecule has 118 valence electrons. The number of nitrogens with zero attached hydrogens (tertiary/aromatic N) is 3. The van der Waals surface area contributed by atoms with E-state index in [0.717, 1.165) is 18.7 Å². The molecule has 8 nitrogen and oxygen atoms in total. The van der Waals surface area contributed by atoms with Crippen molar-refractivity contribution in [2.75, 3.05) is 13.1 Å². The van der Waals surface area contributed by atoms with Gasteiger partial charge in [0.1, 0.15) is 6.54 Å². The normalized spacial score (nSPS) is 10.7. The van der Waals surface area contributed by atoms with E-state index in [2.05, 4.69) is 40.1 Å². The van der Waals surface area contributed by atoms with Crippen LogP contribution in [0.3, 0.4) is 0 Å². The summed E-state index contributed by atoms with van der Waals surface area (Å²) >= 11 is 0. The van der Waals surface area contributed by atoms with Gasteiger partial charge in [0.2, 0.25) is 5.91 Å². The molecule has 1 aromatic heterocycles. The molecule has 0 aromatic carbocycles. The van der Waals surface area contributed by atoms with Gasteiger partial charge in [-0.2, -0.15) is 0 Å². The zero-order valence-electron chi connectivity index (χ0n) is 12.8. The van der Waals surface area contributed by atoms with Gasteiger partial charge in [-0.25, -0.2) is 9.48 Å². The van der Waals surface area contributed by atoms with Gasteiger partial charge in [-0.3, -0.25) is 10.1 Å². The number of carbonyl (C=O) groups is 2. The van der Waals surface area contributed by atoms with Crippen LogP contribution in [0.25, 0.3) is 0 Å². The van der Waals surface area contributed by atoms with Gasteiger partial charge in [-0.1, -0.05) is 26.0 Å². The Bertz CT molecular complexity index is 457. The fourth-order valence-electron chi connectivity index (χ4n) is 1.58. The van der Waals surface area contributed by atoms with E-state index in [1.54, 1.807) is 6.20 Å². The van der Waals surface area contributed by atoms with Gasteiger partial charge in [0, 0.05) is 13.1 Å². The first-order valence-corrected chi connectivity index (χ1v) is 7.18. The summed E-state index contributed by atoms with van der Waals surface area (Å²) in [6.07, 6.45) is 2.55. The molecule has 3 amide bonds. The largest absolute Gasteiger partial charge is 0.338 e. The SMILES string of the molecule is CCNCc1cn(CC(=O)NC(=O)NCCC(C)C)nn1. The third kappa shape index (κ3) is 7.40. The van der Waals surface area contributed by atoms with Gasteiger partial charge in [0.25, 0.3) is 0 Å². The molecular weight excluding hydrogens is 272 g/mol. The molecule has 0 saturated carbocycles. The Morgan fingerprint density at radius 3 is 2.81 bits per heavy atom. The van der Waals surface area contributed by atoms with Crippen molar-refractivity contribution >= 4 is 11.9 Å². The maximum atomic E-state index is 11.7. The molecule has 1 rings (SSSR count). The van der Waals surface area contributed by atoms with Crippen molar-refractivity contribution in [1.82, 2.24) is 30.9 Å². The fourth-order valence-corrected chi connectivity index (χ4v) is 1.58. The number of hydrogen-bond donors (Lipinski definition) is 3. The van der Waals surface area contributed by atoms with Crippen LogP contribution in [0, 0.1) is 5.92 Å². The van der Waals surface area contributed by atoms with Crippen LogP contribution in [-0.4, -0.2) is 40.0 Å². The Labute approximate surface area is 124 Å². The molecule has 0 spiro atoms. The summed E-state index contributed by atoms with van der Waals surface area (Å²) < 4.78 is 1.41. The zero-order chi connectivity index (χ0) is 15.7. The minimum atomic E-state index is -0.478. The van der Waals surface area contributed by atoms with Crippen molar-refractivity contribution < 1.29 is 9.59 Å². The van der Waals surface area contributed by atoms with Gasteiger partial charge in [-0.05, 0) is 18.9 Å². The molecule has 0 radical (unpaired) electrons. The van der Waals surface area contributed by atoms with E-state index in [0.29, 0.717) is 19.0 Å². The lowest BCUT2D eigenvalue weighted by atomic mass is 10.1. The first kappa shape index (κ1) is 17.1. The van der Waals surface area contributed by atoms with E-state index < -0.39 is 11.9 Å². The van der Waals surface area contributed by atoms with Crippen molar-refractivity contribution in [3.63, 3.8) is 0 Å². The maximum Gasteiger partial charge on any atom is 0.321 e. The van der Waals surface area contributed by atoms with Crippen molar-refractivity contribution in [2.45, 2.75) is 40.3 Å². The lowest BCUT2D eigenvalue weighted by molar-refractivity contribution is -0.120. The van der Waals surface area contributed by atoms with Crippen LogP contribution in [0.1, 0.15) is 32.9 Å². The molecule has 8 heteroatoms. The molecule has 0 saturated heterocycles. The van der Waals surface area contributed by atoms with Crippen LogP contribution in [0.4, 0.5) is 4.79 Å². The first-order valence-electron chi connectivity index (χ1n) is 7.18. The maximum absolute atomic E-state index is 11.7. The van der Waals surface area contributed by atoms with Crippen LogP contribution in [-0.2, 0) is 17.9 Å². The summed E-state index contributed by atoms with van der Waals surface area (Å²) in [5.41, 5.74) is 0.756. The Hall–Kier alpha value is -1.96. The summed E-state index contributed by atoms with van der Waals surface area (Å²) in [5.74, 6) is 0.0863. The highest BCUT2D eigenvalue weighted by Gasteiger charge is 2.09. The van der Waals surface area contributed by atoms with Gasteiger partial charge < -0.3 is 10.6 Å². The smallest absolute Gasteiger partial charge is 0.321 e. The molecule has 1 aromatic rings. The predicted octanol–water partition coefficient (Wildman–Crippen LogP) is 0.260. The van der Waals surface area contributed by atoms with E-state index in [9.17, 15) is 9.59 Å². The minimum Gasteiger partial charge on any atom is -0.338 e. The van der Waals surface area contributed by atoms with E-state index in [4.69, 9.17) is 0 Å². The number of imide groups is 1.